The van der Waals surface area contributed by atoms with Crippen LogP contribution in [0.15, 0.2) is 12.5 Å². The van der Waals surface area contributed by atoms with Crippen LogP contribution in [0.5, 0.6) is 0 Å². The molecular weight excluding hydrogens is 128 g/mol. The van der Waals surface area contributed by atoms with E-state index in [1.807, 2.05) is 29.4 Å². The first kappa shape index (κ1) is 6.99. The number of hydrogen-bond acceptors (Lipinski definition) is 1. The fraction of sp³-hybridized carbons (Fsp3) is 0.429. The van der Waals surface area contributed by atoms with Gasteiger partial charge in [0.15, 0.2) is 6.29 Å². The van der Waals surface area contributed by atoms with Crippen LogP contribution in [0.25, 0.3) is 0 Å². The summed E-state index contributed by atoms with van der Waals surface area (Å²) in [6, 6.07) is 0. The lowest BCUT2D eigenvalue weighted by molar-refractivity contribution is -0.671. The Hall–Kier alpha value is -1.12. The summed E-state index contributed by atoms with van der Waals surface area (Å²) in [6.07, 6.45) is 4.56. The standard InChI is InChI=1S/C7H11N2O/c1-3-9-6-8(2)4-7(9)5-10/h4-6H,3H2,1-2H3/q+1. The zero-order valence-electron chi connectivity index (χ0n) is 6.24. The fourth-order valence-corrected chi connectivity index (χ4v) is 0.965. The van der Waals surface area contributed by atoms with Crippen molar-refractivity contribution in [2.45, 2.75) is 13.5 Å². The van der Waals surface area contributed by atoms with Crippen molar-refractivity contribution >= 4 is 6.29 Å². The number of nitrogens with zero attached hydrogens (tertiary/aromatic N) is 2. The van der Waals surface area contributed by atoms with Gasteiger partial charge in [0.05, 0.1) is 13.6 Å². The van der Waals surface area contributed by atoms with Crippen molar-refractivity contribution in [3.8, 4) is 0 Å². The molecule has 0 spiro atoms. The van der Waals surface area contributed by atoms with Crippen LogP contribution in [-0.2, 0) is 13.6 Å². The largest absolute Gasteiger partial charge is 0.294 e. The second-order valence-electron chi connectivity index (χ2n) is 2.24. The van der Waals surface area contributed by atoms with Gasteiger partial charge in [0.1, 0.15) is 6.20 Å². The Morgan fingerprint density at radius 2 is 2.50 bits per heavy atom. The van der Waals surface area contributed by atoms with E-state index in [1.165, 1.54) is 0 Å². The van der Waals surface area contributed by atoms with Crippen LogP contribution >= 0.6 is 0 Å². The Bertz CT molecular complexity index is 240. The third-order valence-corrected chi connectivity index (χ3v) is 1.45. The van der Waals surface area contributed by atoms with Crippen LogP contribution < -0.4 is 4.57 Å². The number of carbonyl (C=O) groups excluding carboxylic acids is 1. The van der Waals surface area contributed by atoms with E-state index < -0.39 is 0 Å². The van der Waals surface area contributed by atoms with Crippen molar-refractivity contribution in [1.29, 1.82) is 0 Å². The highest BCUT2D eigenvalue weighted by Crippen LogP contribution is 1.91. The molecule has 54 valence electrons. The number of imidazole rings is 1. The van der Waals surface area contributed by atoms with Crippen molar-refractivity contribution < 1.29 is 9.36 Å². The van der Waals surface area contributed by atoms with Gasteiger partial charge >= 0.3 is 0 Å². The van der Waals surface area contributed by atoms with E-state index in [2.05, 4.69) is 0 Å². The van der Waals surface area contributed by atoms with Gasteiger partial charge in [0.2, 0.25) is 12.0 Å². The zero-order valence-corrected chi connectivity index (χ0v) is 6.24. The minimum atomic E-state index is 0.727. The van der Waals surface area contributed by atoms with E-state index in [-0.39, 0.29) is 0 Å². The highest BCUT2D eigenvalue weighted by Gasteiger charge is 2.06. The maximum atomic E-state index is 10.4. The predicted octanol–water partition coefficient (Wildman–Crippen LogP) is 0.145. The first-order chi connectivity index (χ1) is 4.77. The van der Waals surface area contributed by atoms with Crippen LogP contribution in [0, 0.1) is 0 Å². The normalized spacial score (nSPS) is 9.80. The van der Waals surface area contributed by atoms with E-state index >= 15 is 0 Å². The predicted molar refractivity (Wildman–Crippen MR) is 36.7 cm³/mol. The van der Waals surface area contributed by atoms with E-state index in [4.69, 9.17) is 0 Å². The van der Waals surface area contributed by atoms with Crippen LogP contribution in [0.1, 0.15) is 17.4 Å². The van der Waals surface area contributed by atoms with Gasteiger partial charge in [0.25, 0.3) is 0 Å². The Kier molecular flexibility index (Phi) is 1.85. The zero-order chi connectivity index (χ0) is 7.56. The molecule has 0 aliphatic rings. The maximum absolute atomic E-state index is 10.4. The molecule has 0 radical (unpaired) electrons. The Morgan fingerprint density at radius 3 is 2.90 bits per heavy atom. The number of rotatable bonds is 2. The molecule has 3 heteroatoms. The summed E-state index contributed by atoms with van der Waals surface area (Å²) in [7, 11) is 1.90. The molecule has 0 aliphatic heterocycles. The summed E-state index contributed by atoms with van der Waals surface area (Å²) in [6.45, 7) is 2.85. The quantitative estimate of drug-likeness (QED) is 0.423. The van der Waals surface area contributed by atoms with Crippen LogP contribution in [0.2, 0.25) is 0 Å². The van der Waals surface area contributed by atoms with Gasteiger partial charge in [-0.05, 0) is 6.92 Å². The molecule has 1 aromatic rings. The Balaban J connectivity index is 3.08. The molecule has 0 amide bonds. The average Bonchev–Trinajstić information content (AvgIpc) is 2.30. The SMILES string of the molecule is CCn1c[n+](C)cc1C=O. The lowest BCUT2D eigenvalue weighted by Gasteiger charge is -1.86. The monoisotopic (exact) mass is 139 g/mol. The van der Waals surface area contributed by atoms with Gasteiger partial charge < -0.3 is 0 Å². The maximum Gasteiger partial charge on any atom is 0.244 e. The Morgan fingerprint density at radius 1 is 1.80 bits per heavy atom. The number of aromatic nitrogens is 2. The molecule has 0 N–H and O–H groups in total. The van der Waals surface area contributed by atoms with E-state index in [0.29, 0.717) is 0 Å². The van der Waals surface area contributed by atoms with Crippen LogP contribution in [0.4, 0.5) is 0 Å². The summed E-state index contributed by atoms with van der Waals surface area (Å²) in [5, 5.41) is 0. The fourth-order valence-electron chi connectivity index (χ4n) is 0.965. The molecule has 1 rings (SSSR count). The van der Waals surface area contributed by atoms with Crippen LogP contribution in [-0.4, -0.2) is 10.9 Å². The third kappa shape index (κ3) is 1.07. The van der Waals surface area contributed by atoms with Gasteiger partial charge in [-0.3, -0.25) is 4.79 Å². The number of aldehydes is 1. The first-order valence-electron chi connectivity index (χ1n) is 3.28. The van der Waals surface area contributed by atoms with Gasteiger partial charge in [-0.15, -0.1) is 0 Å². The van der Waals surface area contributed by atoms with Gasteiger partial charge in [-0.25, -0.2) is 9.13 Å². The van der Waals surface area contributed by atoms with Gasteiger partial charge in [-0.2, -0.15) is 0 Å². The molecule has 0 bridgehead atoms. The van der Waals surface area contributed by atoms with Crippen molar-refractivity contribution in [1.82, 2.24) is 4.57 Å². The van der Waals surface area contributed by atoms with Crippen molar-refractivity contribution in [3.63, 3.8) is 0 Å². The highest BCUT2D eigenvalue weighted by atomic mass is 16.1. The number of aryl methyl sites for hydroxylation is 2. The lowest BCUT2D eigenvalue weighted by atomic mass is 10.5. The second kappa shape index (κ2) is 2.64. The molecule has 0 saturated carbocycles. The molecule has 0 atom stereocenters. The molecule has 1 heterocycles. The molecule has 10 heavy (non-hydrogen) atoms. The highest BCUT2D eigenvalue weighted by molar-refractivity contribution is 5.70. The van der Waals surface area contributed by atoms with E-state index in [0.717, 1.165) is 18.5 Å². The smallest absolute Gasteiger partial charge is 0.244 e. The van der Waals surface area contributed by atoms with E-state index in [9.17, 15) is 4.79 Å². The summed E-state index contributed by atoms with van der Waals surface area (Å²) in [5.41, 5.74) is 0.727. The Labute approximate surface area is 59.9 Å². The number of carbonyl (C=O) groups is 1. The molecule has 0 fully saturated rings. The van der Waals surface area contributed by atoms with Gasteiger partial charge in [-0.1, -0.05) is 0 Å². The minimum Gasteiger partial charge on any atom is -0.294 e. The molecule has 0 unspecified atom stereocenters. The van der Waals surface area contributed by atoms with Crippen molar-refractivity contribution in [3.05, 3.63) is 18.2 Å². The molecule has 1 aromatic heterocycles. The summed E-state index contributed by atoms with van der Waals surface area (Å²) in [4.78, 5) is 10.4. The minimum absolute atomic E-state index is 0.727. The molecule has 0 saturated heterocycles. The number of hydrogen-bond donors (Lipinski definition) is 0. The topological polar surface area (TPSA) is 25.9 Å². The average molecular weight is 139 g/mol. The molecule has 0 aliphatic carbocycles. The molecular formula is C7H11N2O+. The van der Waals surface area contributed by atoms with Crippen LogP contribution in [0.3, 0.4) is 0 Å². The van der Waals surface area contributed by atoms with E-state index in [1.54, 1.807) is 6.20 Å². The lowest BCUT2D eigenvalue weighted by Crippen LogP contribution is -2.23. The second-order valence-corrected chi connectivity index (χ2v) is 2.24. The van der Waals surface area contributed by atoms with Crippen molar-refractivity contribution in [2.75, 3.05) is 0 Å². The van der Waals surface area contributed by atoms with Crippen molar-refractivity contribution in [2.24, 2.45) is 7.05 Å². The molecule has 0 aromatic carbocycles. The third-order valence-electron chi connectivity index (χ3n) is 1.45. The summed E-state index contributed by atoms with van der Waals surface area (Å²) < 4.78 is 3.76. The summed E-state index contributed by atoms with van der Waals surface area (Å²) in [5.74, 6) is 0. The summed E-state index contributed by atoms with van der Waals surface area (Å²) >= 11 is 0. The first-order valence-corrected chi connectivity index (χ1v) is 3.28. The molecule has 3 nitrogen and oxygen atoms in total. The van der Waals surface area contributed by atoms with Gasteiger partial charge in [0, 0.05) is 0 Å².